The zero-order valence-electron chi connectivity index (χ0n) is 22.3. The Balaban J connectivity index is 1.40. The second-order valence-electron chi connectivity index (χ2n) is 11.0. The lowest BCUT2D eigenvalue weighted by Gasteiger charge is -2.31. The van der Waals surface area contributed by atoms with E-state index in [1.54, 1.807) is 7.11 Å². The van der Waals surface area contributed by atoms with Crippen molar-refractivity contribution in [2.24, 2.45) is 11.8 Å². The largest absolute Gasteiger partial charge is 0.497 e. The number of rotatable bonds is 9. The van der Waals surface area contributed by atoms with E-state index < -0.39 is 0 Å². The van der Waals surface area contributed by atoms with Crippen molar-refractivity contribution in [3.63, 3.8) is 0 Å². The van der Waals surface area contributed by atoms with Crippen LogP contribution in [0, 0.1) is 18.8 Å². The molecule has 3 aromatic carbocycles. The fraction of sp³-hybridized carbons (Fsp3) is 0.424. The highest BCUT2D eigenvalue weighted by atomic mass is 16.5. The van der Waals surface area contributed by atoms with E-state index in [-0.39, 0.29) is 5.92 Å². The molecule has 2 aliphatic rings. The van der Waals surface area contributed by atoms with Gasteiger partial charge in [0.15, 0.2) is 0 Å². The molecule has 1 saturated carbocycles. The van der Waals surface area contributed by atoms with Gasteiger partial charge in [0.2, 0.25) is 5.91 Å². The van der Waals surface area contributed by atoms with Gasteiger partial charge in [0.05, 0.1) is 7.11 Å². The molecule has 1 saturated heterocycles. The van der Waals surface area contributed by atoms with Gasteiger partial charge in [-0.3, -0.25) is 9.69 Å². The molecule has 1 heterocycles. The number of methoxy groups -OCH3 is 1. The molecule has 1 aliphatic heterocycles. The molecular formula is C33H40N2O2. The number of likely N-dealkylation sites (tertiary alicyclic amines) is 1. The van der Waals surface area contributed by atoms with Crippen molar-refractivity contribution in [3.8, 4) is 5.75 Å². The highest BCUT2D eigenvalue weighted by Gasteiger charge is 2.37. The first kappa shape index (κ1) is 25.5. The fourth-order valence-corrected chi connectivity index (χ4v) is 6.34. The van der Waals surface area contributed by atoms with Gasteiger partial charge >= 0.3 is 0 Å². The Morgan fingerprint density at radius 2 is 1.68 bits per heavy atom. The maximum absolute atomic E-state index is 13.8. The highest BCUT2D eigenvalue weighted by molar-refractivity contribution is 5.79. The van der Waals surface area contributed by atoms with Crippen LogP contribution >= 0.6 is 0 Å². The van der Waals surface area contributed by atoms with Gasteiger partial charge in [0.25, 0.3) is 0 Å². The molecule has 194 valence electrons. The summed E-state index contributed by atoms with van der Waals surface area (Å²) in [7, 11) is 1.73. The molecule has 2 atom stereocenters. The number of nitrogens with zero attached hydrogens (tertiary/aromatic N) is 2. The summed E-state index contributed by atoms with van der Waals surface area (Å²) in [6.45, 7) is 6.55. The number of carbonyl (C=O) groups is 1. The first-order valence-corrected chi connectivity index (χ1v) is 13.8. The Hall–Kier alpha value is -3.11. The predicted molar refractivity (Wildman–Crippen MR) is 149 cm³/mol. The van der Waals surface area contributed by atoms with Crippen LogP contribution in [0.15, 0.2) is 78.9 Å². The van der Waals surface area contributed by atoms with Crippen molar-refractivity contribution in [1.29, 1.82) is 0 Å². The third-order valence-electron chi connectivity index (χ3n) is 8.21. The molecule has 2 unspecified atom stereocenters. The first-order chi connectivity index (χ1) is 18.1. The van der Waals surface area contributed by atoms with E-state index in [0.29, 0.717) is 24.3 Å². The molecule has 0 bridgehead atoms. The quantitative estimate of drug-likeness (QED) is 0.342. The van der Waals surface area contributed by atoms with Gasteiger partial charge in [-0.1, -0.05) is 85.1 Å². The molecule has 3 aromatic rings. The lowest BCUT2D eigenvalue weighted by Crippen LogP contribution is -2.40. The summed E-state index contributed by atoms with van der Waals surface area (Å²) < 4.78 is 5.57. The summed E-state index contributed by atoms with van der Waals surface area (Å²) in [5.41, 5.74) is 5.17. The number of carbonyl (C=O) groups excluding carboxylic acids is 1. The molecule has 0 spiro atoms. The van der Waals surface area contributed by atoms with E-state index in [1.807, 2.05) is 12.1 Å². The SMILES string of the molecule is COc1cccc(C2CN(Cc3cccc(C)c3)CC2CN(Cc2ccccc2)C(=O)C2CCCC2)c1. The minimum absolute atomic E-state index is 0.184. The maximum Gasteiger partial charge on any atom is 0.225 e. The van der Waals surface area contributed by atoms with Crippen molar-refractivity contribution in [2.45, 2.75) is 51.6 Å². The molecule has 1 amide bonds. The van der Waals surface area contributed by atoms with Gasteiger partial charge < -0.3 is 9.64 Å². The molecule has 2 fully saturated rings. The van der Waals surface area contributed by atoms with E-state index in [0.717, 1.165) is 44.8 Å². The Bertz CT molecular complexity index is 1170. The molecule has 5 rings (SSSR count). The van der Waals surface area contributed by atoms with E-state index in [9.17, 15) is 4.79 Å². The Morgan fingerprint density at radius 1 is 0.919 bits per heavy atom. The van der Waals surface area contributed by atoms with Gasteiger partial charge in [-0.2, -0.15) is 0 Å². The average Bonchev–Trinajstić information content (AvgIpc) is 3.59. The highest BCUT2D eigenvalue weighted by Crippen LogP contribution is 2.37. The van der Waals surface area contributed by atoms with Crippen molar-refractivity contribution in [1.82, 2.24) is 9.80 Å². The van der Waals surface area contributed by atoms with Gasteiger partial charge in [-0.05, 0) is 54.5 Å². The van der Waals surface area contributed by atoms with Crippen LogP contribution in [-0.4, -0.2) is 42.5 Å². The van der Waals surface area contributed by atoms with Gasteiger partial charge in [-0.15, -0.1) is 0 Å². The molecule has 0 radical (unpaired) electrons. The van der Waals surface area contributed by atoms with Crippen molar-refractivity contribution in [3.05, 3.63) is 101 Å². The Labute approximate surface area is 222 Å². The lowest BCUT2D eigenvalue weighted by molar-refractivity contribution is -0.136. The van der Waals surface area contributed by atoms with Crippen LogP contribution in [0.4, 0.5) is 0 Å². The van der Waals surface area contributed by atoms with Gasteiger partial charge in [0.1, 0.15) is 5.75 Å². The van der Waals surface area contributed by atoms with E-state index in [2.05, 4.69) is 83.5 Å². The summed E-state index contributed by atoms with van der Waals surface area (Å²) in [4.78, 5) is 18.5. The second kappa shape index (κ2) is 12.0. The van der Waals surface area contributed by atoms with Gasteiger partial charge in [-0.25, -0.2) is 0 Å². The minimum Gasteiger partial charge on any atom is -0.497 e. The molecule has 37 heavy (non-hydrogen) atoms. The van der Waals surface area contributed by atoms with Crippen molar-refractivity contribution >= 4 is 5.91 Å². The monoisotopic (exact) mass is 496 g/mol. The number of amides is 1. The van der Waals surface area contributed by atoms with Crippen LogP contribution in [0.1, 0.15) is 53.9 Å². The fourth-order valence-electron chi connectivity index (χ4n) is 6.34. The van der Waals surface area contributed by atoms with E-state index >= 15 is 0 Å². The lowest BCUT2D eigenvalue weighted by atomic mass is 9.88. The predicted octanol–water partition coefficient (Wildman–Crippen LogP) is 6.44. The maximum atomic E-state index is 13.8. The third kappa shape index (κ3) is 6.42. The smallest absolute Gasteiger partial charge is 0.225 e. The third-order valence-corrected chi connectivity index (χ3v) is 8.21. The number of benzene rings is 3. The standard InChI is InChI=1S/C33H40N2O2/c1-25-10-8-13-27(18-25)20-34-22-30(32(24-34)29-16-9-17-31(19-29)37-2)23-35(21-26-11-4-3-5-12-26)33(36)28-14-6-7-15-28/h3-5,8-13,16-19,28,30,32H,6-7,14-15,20-24H2,1-2H3. The summed E-state index contributed by atoms with van der Waals surface area (Å²) in [5.74, 6) is 2.16. The molecule has 0 aromatic heterocycles. The van der Waals surface area contributed by atoms with Crippen LogP contribution in [-0.2, 0) is 17.9 Å². The van der Waals surface area contributed by atoms with Crippen LogP contribution in [0.5, 0.6) is 5.75 Å². The molecule has 1 aliphatic carbocycles. The van der Waals surface area contributed by atoms with E-state index in [1.165, 1.54) is 35.1 Å². The number of aryl methyl sites for hydroxylation is 1. The molecule has 0 N–H and O–H groups in total. The van der Waals surface area contributed by atoms with Crippen molar-refractivity contribution < 1.29 is 9.53 Å². The average molecular weight is 497 g/mol. The van der Waals surface area contributed by atoms with Crippen LogP contribution < -0.4 is 4.74 Å². The van der Waals surface area contributed by atoms with Gasteiger partial charge in [0, 0.05) is 44.6 Å². The topological polar surface area (TPSA) is 32.8 Å². The zero-order valence-corrected chi connectivity index (χ0v) is 22.3. The van der Waals surface area contributed by atoms with Crippen LogP contribution in [0.2, 0.25) is 0 Å². The van der Waals surface area contributed by atoms with Crippen LogP contribution in [0.3, 0.4) is 0 Å². The normalized spacial score (nSPS) is 20.3. The Kier molecular flexibility index (Phi) is 8.25. The van der Waals surface area contributed by atoms with Crippen LogP contribution in [0.25, 0.3) is 0 Å². The molecular weight excluding hydrogens is 456 g/mol. The number of ether oxygens (including phenoxy) is 1. The second-order valence-corrected chi connectivity index (χ2v) is 11.0. The zero-order chi connectivity index (χ0) is 25.6. The number of hydrogen-bond donors (Lipinski definition) is 0. The van der Waals surface area contributed by atoms with Crippen molar-refractivity contribution in [2.75, 3.05) is 26.7 Å². The summed E-state index contributed by atoms with van der Waals surface area (Å²) >= 11 is 0. The molecule has 4 heteroatoms. The summed E-state index contributed by atoms with van der Waals surface area (Å²) in [5, 5.41) is 0. The minimum atomic E-state index is 0.184. The molecule has 4 nitrogen and oxygen atoms in total. The number of hydrogen-bond acceptors (Lipinski definition) is 3. The first-order valence-electron chi connectivity index (χ1n) is 13.8. The van der Waals surface area contributed by atoms with E-state index in [4.69, 9.17) is 4.74 Å². The summed E-state index contributed by atoms with van der Waals surface area (Å²) in [6.07, 6.45) is 4.42. The summed E-state index contributed by atoms with van der Waals surface area (Å²) in [6, 6.07) is 27.9. The Morgan fingerprint density at radius 3 is 2.43 bits per heavy atom.